The molecular formula is C22H23N3O. The summed E-state index contributed by atoms with van der Waals surface area (Å²) in [5, 5.41) is 9.76. The van der Waals surface area contributed by atoms with Gasteiger partial charge in [0, 0.05) is 17.3 Å². The van der Waals surface area contributed by atoms with Gasteiger partial charge in [-0.1, -0.05) is 61.9 Å². The van der Waals surface area contributed by atoms with E-state index in [1.165, 1.54) is 16.5 Å². The Balaban J connectivity index is 1.83. The fraction of sp³-hybridized carbons (Fsp3) is 0.273. The van der Waals surface area contributed by atoms with Crippen LogP contribution in [0.4, 0.5) is 0 Å². The van der Waals surface area contributed by atoms with Crippen LogP contribution in [0, 0.1) is 0 Å². The van der Waals surface area contributed by atoms with E-state index in [1.807, 2.05) is 6.07 Å². The molecule has 0 spiro atoms. The van der Waals surface area contributed by atoms with Crippen molar-refractivity contribution in [3.8, 4) is 11.6 Å². The van der Waals surface area contributed by atoms with Crippen molar-refractivity contribution < 1.29 is 4.42 Å². The Morgan fingerprint density at radius 2 is 1.77 bits per heavy atom. The van der Waals surface area contributed by atoms with Crippen LogP contribution in [0.5, 0.6) is 0 Å². The molecule has 2 aromatic heterocycles. The maximum Gasteiger partial charge on any atom is 0.264 e. The molecule has 1 atom stereocenters. The van der Waals surface area contributed by atoms with Crippen LogP contribution < -0.4 is 0 Å². The lowest BCUT2D eigenvalue weighted by molar-refractivity contribution is 0.490. The summed E-state index contributed by atoms with van der Waals surface area (Å²) in [6, 6.07) is 21.2. The second-order valence-corrected chi connectivity index (χ2v) is 6.65. The zero-order valence-corrected chi connectivity index (χ0v) is 15.2. The van der Waals surface area contributed by atoms with Crippen LogP contribution in [0.15, 0.2) is 65.1 Å². The topological polar surface area (TPSA) is 43.9 Å². The fourth-order valence-electron chi connectivity index (χ4n) is 3.42. The number of aryl methyl sites for hydroxylation is 1. The zero-order chi connectivity index (χ0) is 17.9. The summed E-state index contributed by atoms with van der Waals surface area (Å²) in [6.07, 6.45) is 3.01. The van der Waals surface area contributed by atoms with Crippen LogP contribution in [0.1, 0.15) is 44.2 Å². The third-order valence-electron chi connectivity index (χ3n) is 4.85. The Kier molecular flexibility index (Phi) is 4.57. The van der Waals surface area contributed by atoms with Crippen LogP contribution in [-0.2, 0) is 6.42 Å². The second-order valence-electron chi connectivity index (χ2n) is 6.65. The molecular weight excluding hydrogens is 322 g/mol. The highest BCUT2D eigenvalue weighted by atomic mass is 16.4. The Morgan fingerprint density at radius 3 is 2.58 bits per heavy atom. The molecule has 0 amide bonds. The first-order chi connectivity index (χ1) is 12.8. The molecule has 4 rings (SSSR count). The molecule has 1 unspecified atom stereocenters. The number of hydrogen-bond donors (Lipinski definition) is 0. The molecule has 4 heteroatoms. The van der Waals surface area contributed by atoms with Gasteiger partial charge in [0.05, 0.1) is 6.04 Å². The van der Waals surface area contributed by atoms with Gasteiger partial charge >= 0.3 is 0 Å². The number of unbranched alkanes of at least 4 members (excludes halogenated alkanes) is 1. The summed E-state index contributed by atoms with van der Waals surface area (Å²) in [7, 11) is 0. The SMILES string of the molecule is CCCCc1nnc(-c2cc3ccccc3n2C(C)c2ccccc2)o1. The van der Waals surface area contributed by atoms with E-state index in [0.717, 1.165) is 25.0 Å². The molecule has 0 N–H and O–H groups in total. The minimum Gasteiger partial charge on any atom is -0.419 e. The van der Waals surface area contributed by atoms with Gasteiger partial charge < -0.3 is 8.98 Å². The Morgan fingerprint density at radius 1 is 1.00 bits per heavy atom. The molecule has 0 aliphatic rings. The predicted molar refractivity (Wildman–Crippen MR) is 104 cm³/mol. The number of hydrogen-bond acceptors (Lipinski definition) is 3. The first-order valence-corrected chi connectivity index (χ1v) is 9.25. The fourth-order valence-corrected chi connectivity index (χ4v) is 3.42. The Bertz CT molecular complexity index is 1000. The molecule has 132 valence electrons. The van der Waals surface area contributed by atoms with Crippen molar-refractivity contribution in [3.05, 3.63) is 72.1 Å². The summed E-state index contributed by atoms with van der Waals surface area (Å²) in [6.45, 7) is 4.37. The van der Waals surface area contributed by atoms with Crippen molar-refractivity contribution >= 4 is 10.9 Å². The van der Waals surface area contributed by atoms with Crippen LogP contribution in [0.2, 0.25) is 0 Å². The maximum atomic E-state index is 5.98. The van der Waals surface area contributed by atoms with Crippen molar-refractivity contribution in [2.24, 2.45) is 0 Å². The first kappa shape index (κ1) is 16.6. The van der Waals surface area contributed by atoms with Crippen molar-refractivity contribution in [1.82, 2.24) is 14.8 Å². The molecule has 4 aromatic rings. The maximum absolute atomic E-state index is 5.98. The lowest BCUT2D eigenvalue weighted by atomic mass is 10.1. The lowest BCUT2D eigenvalue weighted by Gasteiger charge is -2.18. The molecule has 4 nitrogen and oxygen atoms in total. The number of nitrogens with zero attached hydrogens (tertiary/aromatic N) is 3. The molecule has 26 heavy (non-hydrogen) atoms. The first-order valence-electron chi connectivity index (χ1n) is 9.25. The Labute approximate surface area is 153 Å². The highest BCUT2D eigenvalue weighted by Gasteiger charge is 2.20. The molecule has 0 radical (unpaired) electrons. The summed E-state index contributed by atoms with van der Waals surface area (Å²) in [5.41, 5.74) is 3.39. The number of fused-ring (bicyclic) bond motifs is 1. The van der Waals surface area contributed by atoms with E-state index in [1.54, 1.807) is 0 Å². The van der Waals surface area contributed by atoms with Crippen molar-refractivity contribution in [1.29, 1.82) is 0 Å². The van der Waals surface area contributed by atoms with Crippen molar-refractivity contribution in [2.45, 2.75) is 39.2 Å². The van der Waals surface area contributed by atoms with E-state index in [-0.39, 0.29) is 6.04 Å². The number of para-hydroxylation sites is 1. The lowest BCUT2D eigenvalue weighted by Crippen LogP contribution is -2.08. The predicted octanol–water partition coefficient (Wildman–Crippen LogP) is 5.64. The monoisotopic (exact) mass is 345 g/mol. The summed E-state index contributed by atoms with van der Waals surface area (Å²) in [5.74, 6) is 1.31. The minimum atomic E-state index is 0.164. The van der Waals surface area contributed by atoms with Crippen molar-refractivity contribution in [3.63, 3.8) is 0 Å². The highest BCUT2D eigenvalue weighted by Crippen LogP contribution is 2.33. The molecule has 0 saturated heterocycles. The van der Waals surface area contributed by atoms with Gasteiger partial charge in [0.2, 0.25) is 5.89 Å². The number of aromatic nitrogens is 3. The molecule has 0 fully saturated rings. The van der Waals surface area contributed by atoms with Gasteiger partial charge in [-0.2, -0.15) is 0 Å². The molecule has 0 aliphatic carbocycles. The van der Waals surface area contributed by atoms with Crippen molar-refractivity contribution in [2.75, 3.05) is 0 Å². The summed E-state index contributed by atoms with van der Waals surface area (Å²) < 4.78 is 8.28. The quantitative estimate of drug-likeness (QED) is 0.454. The van der Waals surface area contributed by atoms with E-state index >= 15 is 0 Å². The number of benzene rings is 2. The van der Waals surface area contributed by atoms with Gasteiger partial charge in [-0.05, 0) is 31.0 Å². The largest absolute Gasteiger partial charge is 0.419 e. The number of rotatable bonds is 6. The smallest absolute Gasteiger partial charge is 0.264 e. The zero-order valence-electron chi connectivity index (χ0n) is 15.2. The molecule has 2 heterocycles. The average molecular weight is 345 g/mol. The summed E-state index contributed by atoms with van der Waals surface area (Å²) >= 11 is 0. The normalized spacial score (nSPS) is 12.5. The average Bonchev–Trinajstić information content (AvgIpc) is 3.31. The minimum absolute atomic E-state index is 0.164. The highest BCUT2D eigenvalue weighted by molar-refractivity contribution is 5.86. The molecule has 2 aromatic carbocycles. The van der Waals surface area contributed by atoms with Gasteiger partial charge in [-0.15, -0.1) is 10.2 Å². The second kappa shape index (κ2) is 7.16. The van der Waals surface area contributed by atoms with Crippen LogP contribution in [0.25, 0.3) is 22.5 Å². The Hall–Kier alpha value is -2.88. The third kappa shape index (κ3) is 3.03. The van der Waals surface area contributed by atoms with E-state index in [2.05, 4.69) is 83.2 Å². The van der Waals surface area contributed by atoms with Gasteiger partial charge in [-0.25, -0.2) is 0 Å². The van der Waals surface area contributed by atoms with E-state index in [9.17, 15) is 0 Å². The van der Waals surface area contributed by atoms with Crippen LogP contribution in [0.3, 0.4) is 0 Å². The van der Waals surface area contributed by atoms with Gasteiger partial charge in [0.15, 0.2) is 0 Å². The van der Waals surface area contributed by atoms with Gasteiger partial charge in [0.25, 0.3) is 5.89 Å². The van der Waals surface area contributed by atoms with Gasteiger partial charge in [-0.3, -0.25) is 0 Å². The van der Waals surface area contributed by atoms with Crippen LogP contribution in [-0.4, -0.2) is 14.8 Å². The third-order valence-corrected chi connectivity index (χ3v) is 4.85. The van der Waals surface area contributed by atoms with E-state index < -0.39 is 0 Å². The molecule has 0 bridgehead atoms. The van der Waals surface area contributed by atoms with Gasteiger partial charge in [0.1, 0.15) is 5.69 Å². The molecule has 0 saturated carbocycles. The van der Waals surface area contributed by atoms with E-state index in [4.69, 9.17) is 4.42 Å². The summed E-state index contributed by atoms with van der Waals surface area (Å²) in [4.78, 5) is 0. The molecule has 0 aliphatic heterocycles. The standard InChI is InChI=1S/C22H23N3O/c1-3-4-14-21-23-24-22(26-21)20-15-18-12-8-9-13-19(18)25(20)16(2)17-10-6-5-7-11-17/h5-13,15-16H,3-4,14H2,1-2H3. The van der Waals surface area contributed by atoms with Crippen LogP contribution >= 0.6 is 0 Å². The van der Waals surface area contributed by atoms with E-state index in [0.29, 0.717) is 11.8 Å².